The number of halogens is 2. The van der Waals surface area contributed by atoms with Crippen LogP contribution in [-0.4, -0.2) is 10.5 Å². The summed E-state index contributed by atoms with van der Waals surface area (Å²) in [5.74, 6) is -0.795. The molecule has 2 aromatic heterocycles. The Bertz CT molecular complexity index is 1130. The minimum absolute atomic E-state index is 0.201. The molecular formula is C22H18F2N2OS. The van der Waals surface area contributed by atoms with Crippen LogP contribution in [0, 0.1) is 18.6 Å². The van der Waals surface area contributed by atoms with Crippen molar-refractivity contribution in [3.8, 4) is 0 Å². The van der Waals surface area contributed by atoms with Crippen LogP contribution in [0.25, 0.3) is 10.2 Å². The molecule has 28 heavy (non-hydrogen) atoms. The van der Waals surface area contributed by atoms with Gasteiger partial charge < -0.3 is 9.88 Å². The number of nitrogens with zero attached hydrogens (tertiary/aromatic N) is 1. The molecule has 0 atom stereocenters. The SMILES string of the molecule is Cc1cc2c(cc(C(=O)NCc3ccc(F)cc3)n2Cc2ccc(F)cc2)s1. The first-order valence-electron chi connectivity index (χ1n) is 8.86. The summed E-state index contributed by atoms with van der Waals surface area (Å²) < 4.78 is 29.2. The van der Waals surface area contributed by atoms with Gasteiger partial charge in [-0.2, -0.15) is 0 Å². The van der Waals surface area contributed by atoms with E-state index in [1.54, 1.807) is 35.6 Å². The Morgan fingerprint density at radius 2 is 1.57 bits per heavy atom. The summed E-state index contributed by atoms with van der Waals surface area (Å²) in [6.07, 6.45) is 0. The molecule has 0 unspecified atom stereocenters. The van der Waals surface area contributed by atoms with Crippen molar-refractivity contribution in [3.05, 3.63) is 94.0 Å². The second kappa shape index (κ2) is 7.56. The van der Waals surface area contributed by atoms with Gasteiger partial charge in [-0.05, 0) is 54.4 Å². The van der Waals surface area contributed by atoms with Crippen molar-refractivity contribution in [2.24, 2.45) is 0 Å². The summed E-state index contributed by atoms with van der Waals surface area (Å²) in [4.78, 5) is 14.0. The molecule has 0 spiro atoms. The Morgan fingerprint density at radius 1 is 0.964 bits per heavy atom. The summed E-state index contributed by atoms with van der Waals surface area (Å²) in [5.41, 5.74) is 3.27. The largest absolute Gasteiger partial charge is 0.347 e. The van der Waals surface area contributed by atoms with Gasteiger partial charge >= 0.3 is 0 Å². The van der Waals surface area contributed by atoms with Crippen LogP contribution in [0.4, 0.5) is 8.78 Å². The van der Waals surface area contributed by atoms with Crippen LogP contribution in [0.3, 0.4) is 0 Å². The third-order valence-electron chi connectivity index (χ3n) is 4.57. The lowest BCUT2D eigenvalue weighted by atomic mass is 10.2. The van der Waals surface area contributed by atoms with E-state index in [0.29, 0.717) is 18.8 Å². The highest BCUT2D eigenvalue weighted by Crippen LogP contribution is 2.29. The molecule has 0 fully saturated rings. The molecule has 0 saturated carbocycles. The highest BCUT2D eigenvalue weighted by Gasteiger charge is 2.17. The molecule has 142 valence electrons. The topological polar surface area (TPSA) is 34.0 Å². The molecule has 0 aliphatic rings. The summed E-state index contributed by atoms with van der Waals surface area (Å²) in [6, 6.07) is 16.3. The van der Waals surface area contributed by atoms with Crippen LogP contribution in [0.15, 0.2) is 60.7 Å². The monoisotopic (exact) mass is 396 g/mol. The van der Waals surface area contributed by atoms with Gasteiger partial charge in [-0.3, -0.25) is 4.79 Å². The summed E-state index contributed by atoms with van der Waals surface area (Å²) in [6.45, 7) is 2.81. The van der Waals surface area contributed by atoms with Gasteiger partial charge in [0, 0.05) is 18.0 Å². The third-order valence-corrected chi connectivity index (χ3v) is 5.55. The Morgan fingerprint density at radius 3 is 2.21 bits per heavy atom. The maximum absolute atomic E-state index is 13.2. The first kappa shape index (κ1) is 18.4. The fraction of sp³-hybridized carbons (Fsp3) is 0.136. The Balaban J connectivity index is 1.61. The van der Waals surface area contributed by atoms with E-state index in [4.69, 9.17) is 0 Å². The van der Waals surface area contributed by atoms with E-state index >= 15 is 0 Å². The number of hydrogen-bond acceptors (Lipinski definition) is 2. The van der Waals surface area contributed by atoms with E-state index in [0.717, 1.165) is 26.2 Å². The lowest BCUT2D eigenvalue weighted by molar-refractivity contribution is 0.0942. The fourth-order valence-corrected chi connectivity index (χ4v) is 4.13. The zero-order valence-electron chi connectivity index (χ0n) is 15.2. The van der Waals surface area contributed by atoms with Gasteiger partial charge in [0.05, 0.1) is 10.2 Å². The summed E-state index contributed by atoms with van der Waals surface area (Å²) in [7, 11) is 0. The molecule has 4 rings (SSSR count). The van der Waals surface area contributed by atoms with Gasteiger partial charge in [-0.15, -0.1) is 11.3 Å². The maximum atomic E-state index is 13.2. The van der Waals surface area contributed by atoms with E-state index in [1.165, 1.54) is 24.3 Å². The molecule has 0 aliphatic heterocycles. The van der Waals surface area contributed by atoms with E-state index < -0.39 is 0 Å². The first-order valence-corrected chi connectivity index (χ1v) is 9.68. The second-order valence-electron chi connectivity index (χ2n) is 6.66. The van der Waals surface area contributed by atoms with Crippen molar-refractivity contribution in [2.45, 2.75) is 20.0 Å². The molecule has 6 heteroatoms. The van der Waals surface area contributed by atoms with Crippen molar-refractivity contribution >= 4 is 27.5 Å². The van der Waals surface area contributed by atoms with E-state index in [9.17, 15) is 13.6 Å². The van der Waals surface area contributed by atoms with Crippen molar-refractivity contribution in [3.63, 3.8) is 0 Å². The molecule has 0 bridgehead atoms. The number of rotatable bonds is 5. The molecule has 3 nitrogen and oxygen atoms in total. The molecule has 0 aliphatic carbocycles. The highest BCUT2D eigenvalue weighted by molar-refractivity contribution is 7.19. The predicted molar refractivity (Wildman–Crippen MR) is 108 cm³/mol. The van der Waals surface area contributed by atoms with Crippen LogP contribution < -0.4 is 5.32 Å². The number of carbonyl (C=O) groups excluding carboxylic acids is 1. The normalized spacial score (nSPS) is 11.1. The fourth-order valence-electron chi connectivity index (χ4n) is 3.17. The Kier molecular flexibility index (Phi) is 4.96. The van der Waals surface area contributed by atoms with Crippen LogP contribution in [0.1, 0.15) is 26.5 Å². The van der Waals surface area contributed by atoms with Crippen LogP contribution in [0.5, 0.6) is 0 Å². The van der Waals surface area contributed by atoms with Gasteiger partial charge in [-0.1, -0.05) is 24.3 Å². The smallest absolute Gasteiger partial charge is 0.268 e. The van der Waals surface area contributed by atoms with Crippen molar-refractivity contribution in [1.82, 2.24) is 9.88 Å². The number of thiophene rings is 1. The van der Waals surface area contributed by atoms with Crippen LogP contribution in [-0.2, 0) is 13.1 Å². The molecule has 4 aromatic rings. The number of aromatic nitrogens is 1. The van der Waals surface area contributed by atoms with Gasteiger partial charge in [0.15, 0.2) is 0 Å². The molecule has 1 N–H and O–H groups in total. The number of nitrogens with one attached hydrogen (secondary N) is 1. The maximum Gasteiger partial charge on any atom is 0.268 e. The average Bonchev–Trinajstić information content (AvgIpc) is 3.20. The number of amides is 1. The third kappa shape index (κ3) is 3.82. The van der Waals surface area contributed by atoms with Gasteiger partial charge in [-0.25, -0.2) is 8.78 Å². The number of carbonyl (C=O) groups is 1. The second-order valence-corrected chi connectivity index (χ2v) is 7.95. The van der Waals surface area contributed by atoms with Crippen LogP contribution >= 0.6 is 11.3 Å². The lowest BCUT2D eigenvalue weighted by Crippen LogP contribution is -2.25. The molecular weight excluding hydrogens is 378 g/mol. The Hall–Kier alpha value is -2.99. The number of fused-ring (bicyclic) bond motifs is 1. The quantitative estimate of drug-likeness (QED) is 0.490. The van der Waals surface area contributed by atoms with E-state index in [2.05, 4.69) is 11.4 Å². The van der Waals surface area contributed by atoms with Crippen molar-refractivity contribution < 1.29 is 13.6 Å². The van der Waals surface area contributed by atoms with E-state index in [1.807, 2.05) is 17.6 Å². The summed E-state index contributed by atoms with van der Waals surface area (Å²) >= 11 is 1.63. The van der Waals surface area contributed by atoms with Crippen molar-refractivity contribution in [1.29, 1.82) is 0 Å². The standard InChI is InChI=1S/C22H18F2N2OS/c1-14-10-19-21(28-14)11-20(26(19)13-16-4-8-18(24)9-5-16)22(27)25-12-15-2-6-17(23)7-3-15/h2-11H,12-13H2,1H3,(H,25,27). The zero-order chi connectivity index (χ0) is 19.7. The van der Waals surface area contributed by atoms with E-state index in [-0.39, 0.29) is 17.5 Å². The Labute approximate surface area is 165 Å². The average molecular weight is 396 g/mol. The lowest BCUT2D eigenvalue weighted by Gasteiger charge is -2.11. The molecule has 0 saturated heterocycles. The van der Waals surface area contributed by atoms with Gasteiger partial charge in [0.25, 0.3) is 5.91 Å². The highest BCUT2D eigenvalue weighted by atomic mass is 32.1. The molecule has 2 heterocycles. The number of aryl methyl sites for hydroxylation is 1. The molecule has 0 radical (unpaired) electrons. The first-order chi connectivity index (χ1) is 13.5. The molecule has 2 aromatic carbocycles. The van der Waals surface area contributed by atoms with Crippen LogP contribution in [0.2, 0.25) is 0 Å². The minimum atomic E-state index is -0.307. The number of hydrogen-bond donors (Lipinski definition) is 1. The summed E-state index contributed by atoms with van der Waals surface area (Å²) in [5, 5.41) is 2.90. The minimum Gasteiger partial charge on any atom is -0.347 e. The zero-order valence-corrected chi connectivity index (χ0v) is 16.0. The van der Waals surface area contributed by atoms with Gasteiger partial charge in [0.2, 0.25) is 0 Å². The number of benzene rings is 2. The van der Waals surface area contributed by atoms with Crippen molar-refractivity contribution in [2.75, 3.05) is 0 Å². The van der Waals surface area contributed by atoms with Gasteiger partial charge in [0.1, 0.15) is 17.3 Å². The predicted octanol–water partition coefficient (Wildman–Crippen LogP) is 5.27. The molecule has 1 amide bonds.